The standard InChI is InChI=1S/C22H13Cl2FN2O3/c23-16-5-4-13(10-17(16)24)19-18(20(28)12-6-8-26-9-7-12)21(29)22(30)27(19)15-3-1-2-14(25)11-15/h1-11,19,28H/b20-18-. The Balaban J connectivity index is 1.98. The number of aromatic nitrogens is 1. The van der Waals surface area contributed by atoms with Crippen LogP contribution in [0.25, 0.3) is 5.76 Å². The van der Waals surface area contributed by atoms with Crippen molar-refractivity contribution in [3.8, 4) is 0 Å². The van der Waals surface area contributed by atoms with Gasteiger partial charge in [0.2, 0.25) is 0 Å². The molecule has 1 aromatic heterocycles. The van der Waals surface area contributed by atoms with Crippen LogP contribution in [0.4, 0.5) is 10.1 Å². The fourth-order valence-corrected chi connectivity index (χ4v) is 3.69. The van der Waals surface area contributed by atoms with Crippen molar-refractivity contribution >= 4 is 46.3 Å². The lowest BCUT2D eigenvalue weighted by atomic mass is 9.95. The summed E-state index contributed by atoms with van der Waals surface area (Å²) < 4.78 is 13.9. The third-order valence-corrected chi connectivity index (χ3v) is 5.48. The zero-order chi connectivity index (χ0) is 21.4. The largest absolute Gasteiger partial charge is 0.507 e. The second-order valence-corrected chi connectivity index (χ2v) is 7.37. The van der Waals surface area contributed by atoms with Crippen LogP contribution < -0.4 is 4.90 Å². The Morgan fingerprint density at radius 2 is 1.73 bits per heavy atom. The van der Waals surface area contributed by atoms with E-state index in [1.807, 2.05) is 0 Å². The molecule has 1 N–H and O–H groups in total. The number of benzene rings is 2. The number of halogens is 3. The summed E-state index contributed by atoms with van der Waals surface area (Å²) in [5.74, 6) is -2.74. The topological polar surface area (TPSA) is 70.5 Å². The maximum absolute atomic E-state index is 13.9. The highest BCUT2D eigenvalue weighted by Gasteiger charge is 2.47. The monoisotopic (exact) mass is 442 g/mol. The van der Waals surface area contributed by atoms with Gasteiger partial charge in [-0.1, -0.05) is 35.3 Å². The van der Waals surface area contributed by atoms with Gasteiger partial charge in [0.25, 0.3) is 11.7 Å². The van der Waals surface area contributed by atoms with E-state index in [1.54, 1.807) is 6.07 Å². The average molecular weight is 443 g/mol. The van der Waals surface area contributed by atoms with Crippen LogP contribution >= 0.6 is 23.2 Å². The molecule has 3 aromatic rings. The van der Waals surface area contributed by atoms with Crippen molar-refractivity contribution in [3.63, 3.8) is 0 Å². The minimum atomic E-state index is -1.03. The van der Waals surface area contributed by atoms with Gasteiger partial charge in [-0.2, -0.15) is 0 Å². The smallest absolute Gasteiger partial charge is 0.300 e. The number of pyridine rings is 1. The second-order valence-electron chi connectivity index (χ2n) is 6.56. The summed E-state index contributed by atoms with van der Waals surface area (Å²) in [5.41, 5.74) is 0.770. The van der Waals surface area contributed by atoms with Gasteiger partial charge >= 0.3 is 0 Å². The molecule has 0 saturated carbocycles. The van der Waals surface area contributed by atoms with Gasteiger partial charge in [-0.15, -0.1) is 0 Å². The summed E-state index contributed by atoms with van der Waals surface area (Å²) in [5, 5.41) is 11.4. The second kappa shape index (κ2) is 7.89. The first-order valence-corrected chi connectivity index (χ1v) is 9.56. The highest BCUT2D eigenvalue weighted by atomic mass is 35.5. The fraction of sp³-hybridized carbons (Fsp3) is 0.0455. The van der Waals surface area contributed by atoms with E-state index in [0.717, 1.165) is 11.0 Å². The van der Waals surface area contributed by atoms with E-state index in [2.05, 4.69) is 4.98 Å². The Labute approximate surface area is 181 Å². The van der Waals surface area contributed by atoms with Crippen LogP contribution in [0.1, 0.15) is 17.2 Å². The molecule has 0 aliphatic carbocycles. The number of nitrogens with zero attached hydrogens (tertiary/aromatic N) is 2. The number of ketones is 1. The first kappa shape index (κ1) is 20.1. The zero-order valence-corrected chi connectivity index (χ0v) is 16.7. The minimum Gasteiger partial charge on any atom is -0.507 e. The van der Waals surface area contributed by atoms with Crippen molar-refractivity contribution in [1.29, 1.82) is 0 Å². The number of carbonyl (C=O) groups is 2. The van der Waals surface area contributed by atoms with Crippen LogP contribution in [0.5, 0.6) is 0 Å². The molecule has 1 saturated heterocycles. The van der Waals surface area contributed by atoms with Gasteiger partial charge in [0.05, 0.1) is 21.7 Å². The maximum Gasteiger partial charge on any atom is 0.300 e. The summed E-state index contributed by atoms with van der Waals surface area (Å²) in [6.45, 7) is 0. The number of amides is 1. The van der Waals surface area contributed by atoms with Gasteiger partial charge in [-0.3, -0.25) is 19.5 Å². The number of rotatable bonds is 3. The number of hydrogen-bond donors (Lipinski definition) is 1. The molecule has 0 radical (unpaired) electrons. The molecule has 30 heavy (non-hydrogen) atoms. The predicted octanol–water partition coefficient (Wildman–Crippen LogP) is 5.15. The fourth-order valence-electron chi connectivity index (χ4n) is 3.39. The number of hydrogen-bond acceptors (Lipinski definition) is 4. The van der Waals surface area contributed by atoms with E-state index in [4.69, 9.17) is 23.2 Å². The molecule has 1 atom stereocenters. The summed E-state index contributed by atoms with van der Waals surface area (Å²) in [7, 11) is 0. The summed E-state index contributed by atoms with van der Waals surface area (Å²) >= 11 is 12.2. The molecule has 150 valence electrons. The Bertz CT molecular complexity index is 1200. The molecule has 0 spiro atoms. The summed E-state index contributed by atoms with van der Waals surface area (Å²) in [6, 6.07) is 11.9. The van der Waals surface area contributed by atoms with Crippen molar-refractivity contribution in [2.45, 2.75) is 6.04 Å². The Kier molecular flexibility index (Phi) is 5.28. The summed E-state index contributed by atoms with van der Waals surface area (Å²) in [6.07, 6.45) is 2.90. The number of Topliss-reactive ketones (excluding diaryl/α,β-unsaturated/α-hetero) is 1. The van der Waals surface area contributed by atoms with Crippen molar-refractivity contribution in [2.75, 3.05) is 4.90 Å². The molecule has 1 amide bonds. The Morgan fingerprint density at radius 3 is 2.40 bits per heavy atom. The van der Waals surface area contributed by atoms with Crippen molar-refractivity contribution in [1.82, 2.24) is 4.98 Å². The Morgan fingerprint density at radius 1 is 1.00 bits per heavy atom. The predicted molar refractivity (Wildman–Crippen MR) is 112 cm³/mol. The first-order chi connectivity index (χ1) is 14.4. The lowest BCUT2D eigenvalue weighted by molar-refractivity contribution is -0.132. The highest BCUT2D eigenvalue weighted by molar-refractivity contribution is 6.51. The van der Waals surface area contributed by atoms with Gasteiger partial charge in [-0.05, 0) is 48.0 Å². The SMILES string of the molecule is O=C1C(=O)N(c2cccc(F)c2)C(c2ccc(Cl)c(Cl)c2)/C1=C(/O)c1ccncc1. The minimum absolute atomic E-state index is 0.145. The van der Waals surface area contributed by atoms with E-state index in [9.17, 15) is 19.1 Å². The molecule has 5 nitrogen and oxygen atoms in total. The third-order valence-electron chi connectivity index (χ3n) is 4.74. The van der Waals surface area contributed by atoms with Crippen LogP contribution in [0.3, 0.4) is 0 Å². The van der Waals surface area contributed by atoms with Crippen LogP contribution in [0.15, 0.2) is 72.6 Å². The highest BCUT2D eigenvalue weighted by Crippen LogP contribution is 2.43. The lowest BCUT2D eigenvalue weighted by Crippen LogP contribution is -2.29. The van der Waals surface area contributed by atoms with Crippen LogP contribution in [0, 0.1) is 5.82 Å². The van der Waals surface area contributed by atoms with Gasteiger partial charge in [0.1, 0.15) is 11.6 Å². The van der Waals surface area contributed by atoms with Gasteiger partial charge in [-0.25, -0.2) is 4.39 Å². The van der Waals surface area contributed by atoms with E-state index in [0.29, 0.717) is 11.1 Å². The van der Waals surface area contributed by atoms with E-state index >= 15 is 0 Å². The number of aliphatic hydroxyl groups excluding tert-OH is 1. The van der Waals surface area contributed by atoms with Crippen molar-refractivity contribution in [2.24, 2.45) is 0 Å². The lowest BCUT2D eigenvalue weighted by Gasteiger charge is -2.25. The van der Waals surface area contributed by atoms with Gasteiger partial charge in [0.15, 0.2) is 0 Å². The first-order valence-electron chi connectivity index (χ1n) is 8.80. The molecular weight excluding hydrogens is 430 g/mol. The molecule has 2 heterocycles. The van der Waals surface area contributed by atoms with Crippen molar-refractivity contribution < 1.29 is 19.1 Å². The van der Waals surface area contributed by atoms with Gasteiger partial charge in [0, 0.05) is 23.6 Å². The third kappa shape index (κ3) is 3.44. The molecule has 1 unspecified atom stereocenters. The normalized spacial score (nSPS) is 18.1. The number of anilines is 1. The quantitative estimate of drug-likeness (QED) is 0.345. The molecule has 1 aliphatic rings. The summed E-state index contributed by atoms with van der Waals surface area (Å²) in [4.78, 5) is 30.9. The molecule has 1 fully saturated rings. The zero-order valence-electron chi connectivity index (χ0n) is 15.2. The average Bonchev–Trinajstić information content (AvgIpc) is 3.01. The molecule has 1 aliphatic heterocycles. The van der Waals surface area contributed by atoms with Crippen molar-refractivity contribution in [3.05, 3.63) is 99.6 Å². The molecular formula is C22H13Cl2FN2O3. The molecule has 4 rings (SSSR count). The molecule has 2 aromatic carbocycles. The Hall–Kier alpha value is -3.22. The van der Waals surface area contributed by atoms with Crippen LogP contribution in [-0.4, -0.2) is 21.8 Å². The molecule has 0 bridgehead atoms. The van der Waals surface area contributed by atoms with E-state index in [-0.39, 0.29) is 27.1 Å². The van der Waals surface area contributed by atoms with E-state index in [1.165, 1.54) is 54.9 Å². The molecule has 8 heteroatoms. The van der Waals surface area contributed by atoms with Crippen LogP contribution in [-0.2, 0) is 9.59 Å². The van der Waals surface area contributed by atoms with Gasteiger partial charge < -0.3 is 5.11 Å². The van der Waals surface area contributed by atoms with Crippen LogP contribution in [0.2, 0.25) is 10.0 Å². The number of carbonyl (C=O) groups excluding carboxylic acids is 2. The number of aliphatic hydroxyl groups is 1. The maximum atomic E-state index is 13.9. The van der Waals surface area contributed by atoms with E-state index < -0.39 is 23.5 Å².